The minimum atomic E-state index is -2.02. The number of para-hydroxylation sites is 1. The number of hydrogen-bond acceptors (Lipinski definition) is 2. The average molecular weight is 283 g/mol. The summed E-state index contributed by atoms with van der Waals surface area (Å²) in [5, 5.41) is 1.97. The highest BCUT2D eigenvalue weighted by molar-refractivity contribution is 6.08. The maximum absolute atomic E-state index is 13.7. The fourth-order valence-corrected chi connectivity index (χ4v) is 1.85. The minimum Gasteiger partial charge on any atom is -0.451 e. The summed E-state index contributed by atoms with van der Waals surface area (Å²) >= 11 is 0. The van der Waals surface area contributed by atoms with Crippen molar-refractivity contribution in [1.29, 1.82) is 0 Å². The van der Waals surface area contributed by atoms with Crippen LogP contribution in [0, 0.1) is 23.3 Å². The molecule has 0 atom stereocenters. The van der Waals surface area contributed by atoms with Crippen molar-refractivity contribution in [3.63, 3.8) is 0 Å². The molecule has 0 saturated carbocycles. The molecule has 1 aliphatic heterocycles. The van der Waals surface area contributed by atoms with Crippen LogP contribution in [0.1, 0.15) is 10.4 Å². The first-order valence-corrected chi connectivity index (χ1v) is 5.45. The van der Waals surface area contributed by atoms with Crippen LogP contribution in [0.5, 0.6) is 11.5 Å². The maximum Gasteiger partial charge on any atom is 0.259 e. The van der Waals surface area contributed by atoms with Gasteiger partial charge in [-0.1, -0.05) is 12.1 Å². The van der Waals surface area contributed by atoms with Gasteiger partial charge in [0.25, 0.3) is 5.91 Å². The van der Waals surface area contributed by atoms with Crippen molar-refractivity contribution in [2.24, 2.45) is 0 Å². The van der Waals surface area contributed by atoms with E-state index in [1.54, 1.807) is 0 Å². The van der Waals surface area contributed by atoms with Crippen LogP contribution in [-0.2, 0) is 0 Å². The molecule has 0 fully saturated rings. The van der Waals surface area contributed by atoms with E-state index in [2.05, 4.69) is 0 Å². The molecule has 0 spiro atoms. The van der Waals surface area contributed by atoms with Crippen LogP contribution in [0.4, 0.5) is 23.2 Å². The number of ether oxygens (including phenoxy) is 1. The molecule has 7 heteroatoms. The molecule has 0 aromatic heterocycles. The topological polar surface area (TPSA) is 38.3 Å². The van der Waals surface area contributed by atoms with Crippen LogP contribution < -0.4 is 10.1 Å². The lowest BCUT2D eigenvalue weighted by atomic mass is 10.2. The molecule has 3 nitrogen and oxygen atoms in total. The second-order valence-electron chi connectivity index (χ2n) is 4.01. The van der Waals surface area contributed by atoms with Gasteiger partial charge in [-0.2, -0.15) is 4.39 Å². The average Bonchev–Trinajstić information content (AvgIpc) is 2.60. The van der Waals surface area contributed by atoms with E-state index in [1.165, 1.54) is 24.3 Å². The maximum atomic E-state index is 13.7. The molecule has 1 N–H and O–H groups in total. The quantitative estimate of drug-likeness (QED) is 0.456. The highest BCUT2D eigenvalue weighted by Crippen LogP contribution is 2.41. The zero-order chi connectivity index (χ0) is 14.4. The predicted molar refractivity (Wildman–Crippen MR) is 60.7 cm³/mol. The van der Waals surface area contributed by atoms with Gasteiger partial charge < -0.3 is 10.1 Å². The molecule has 0 aliphatic carbocycles. The molecular weight excluding hydrogens is 278 g/mol. The Bertz CT molecular complexity index is 746. The predicted octanol–water partition coefficient (Wildman–Crippen LogP) is 3.60. The van der Waals surface area contributed by atoms with Crippen LogP contribution in [0.25, 0.3) is 0 Å². The Morgan fingerprint density at radius 3 is 2.30 bits per heavy atom. The highest BCUT2D eigenvalue weighted by Gasteiger charge is 2.31. The van der Waals surface area contributed by atoms with E-state index in [0.29, 0.717) is 0 Å². The van der Waals surface area contributed by atoms with E-state index < -0.39 is 40.6 Å². The van der Waals surface area contributed by atoms with Crippen molar-refractivity contribution < 1.29 is 27.1 Å². The molecule has 0 saturated heterocycles. The van der Waals surface area contributed by atoms with E-state index in [0.717, 1.165) is 0 Å². The van der Waals surface area contributed by atoms with E-state index in [-0.39, 0.29) is 11.3 Å². The molecule has 102 valence electrons. The minimum absolute atomic E-state index is 0.0108. The summed E-state index contributed by atoms with van der Waals surface area (Å²) < 4.78 is 58.7. The Balaban J connectivity index is 2.30. The van der Waals surface area contributed by atoms with Crippen LogP contribution in [0.2, 0.25) is 0 Å². The van der Waals surface area contributed by atoms with Crippen LogP contribution in [0.3, 0.4) is 0 Å². The fraction of sp³-hybridized carbons (Fsp3) is 0. The van der Waals surface area contributed by atoms with Gasteiger partial charge in [-0.15, -0.1) is 0 Å². The number of benzene rings is 2. The Morgan fingerprint density at radius 1 is 0.900 bits per heavy atom. The van der Waals surface area contributed by atoms with Gasteiger partial charge >= 0.3 is 0 Å². The number of nitrogens with one attached hydrogen (secondary N) is 1. The van der Waals surface area contributed by atoms with E-state index in [4.69, 9.17) is 4.74 Å². The first-order chi connectivity index (χ1) is 9.50. The number of carbonyl (C=O) groups is 1. The number of rotatable bonds is 0. The number of halogens is 4. The lowest BCUT2D eigenvalue weighted by Gasteiger charge is -2.10. The van der Waals surface area contributed by atoms with Gasteiger partial charge in [0, 0.05) is 0 Å². The smallest absolute Gasteiger partial charge is 0.259 e. The second kappa shape index (κ2) is 4.22. The Labute approximate surface area is 109 Å². The van der Waals surface area contributed by atoms with Gasteiger partial charge in [0.1, 0.15) is 11.4 Å². The van der Waals surface area contributed by atoms with Crippen molar-refractivity contribution in [3.05, 3.63) is 53.1 Å². The number of anilines is 1. The standard InChI is InChI=1S/C13H5F4NO2/c14-7-8(15)10(17)12-11(9(7)16)18-13(19)5-3-1-2-4-6(5)20-12/h1-4H,(H,18,19). The first-order valence-electron chi connectivity index (χ1n) is 5.45. The van der Waals surface area contributed by atoms with Crippen molar-refractivity contribution in [2.75, 3.05) is 5.32 Å². The molecule has 3 rings (SSSR count). The van der Waals surface area contributed by atoms with E-state index in [9.17, 15) is 22.4 Å². The molecule has 2 aromatic carbocycles. The summed E-state index contributed by atoms with van der Waals surface area (Å²) in [6.07, 6.45) is 0. The zero-order valence-corrected chi connectivity index (χ0v) is 9.64. The van der Waals surface area contributed by atoms with Crippen molar-refractivity contribution in [3.8, 4) is 11.5 Å². The summed E-state index contributed by atoms with van der Waals surface area (Å²) in [6, 6.07) is 5.67. The molecule has 1 aliphatic rings. The molecule has 0 unspecified atom stereocenters. The van der Waals surface area contributed by atoms with Gasteiger partial charge in [-0.05, 0) is 12.1 Å². The van der Waals surface area contributed by atoms with Crippen molar-refractivity contribution in [1.82, 2.24) is 0 Å². The molecule has 2 aromatic rings. The molecule has 20 heavy (non-hydrogen) atoms. The van der Waals surface area contributed by atoms with Gasteiger partial charge in [0.05, 0.1) is 5.56 Å². The largest absolute Gasteiger partial charge is 0.451 e. The normalized spacial score (nSPS) is 12.9. The summed E-state index contributed by atoms with van der Waals surface area (Å²) in [7, 11) is 0. The fourth-order valence-electron chi connectivity index (χ4n) is 1.85. The van der Waals surface area contributed by atoms with Crippen molar-refractivity contribution >= 4 is 11.6 Å². The van der Waals surface area contributed by atoms with Gasteiger partial charge in [-0.3, -0.25) is 4.79 Å². The van der Waals surface area contributed by atoms with Crippen LogP contribution in [-0.4, -0.2) is 5.91 Å². The molecule has 0 bridgehead atoms. The van der Waals surface area contributed by atoms with E-state index in [1.807, 2.05) is 5.32 Å². The van der Waals surface area contributed by atoms with Crippen molar-refractivity contribution in [2.45, 2.75) is 0 Å². The summed E-state index contributed by atoms with van der Waals surface area (Å²) in [5.74, 6) is -9.27. The monoisotopic (exact) mass is 283 g/mol. The second-order valence-corrected chi connectivity index (χ2v) is 4.01. The summed E-state index contributed by atoms with van der Waals surface area (Å²) in [6.45, 7) is 0. The number of fused-ring (bicyclic) bond motifs is 2. The first kappa shape index (κ1) is 12.5. The zero-order valence-electron chi connectivity index (χ0n) is 9.64. The summed E-state index contributed by atoms with van der Waals surface area (Å²) in [5.41, 5.74) is -0.883. The third-order valence-corrected chi connectivity index (χ3v) is 2.81. The molecule has 1 heterocycles. The lowest BCUT2D eigenvalue weighted by Crippen LogP contribution is -2.13. The number of carbonyl (C=O) groups excluding carboxylic acids is 1. The Hall–Kier alpha value is -2.57. The summed E-state index contributed by atoms with van der Waals surface area (Å²) in [4.78, 5) is 11.8. The Morgan fingerprint density at radius 2 is 1.55 bits per heavy atom. The molecule has 0 radical (unpaired) electrons. The lowest BCUT2D eigenvalue weighted by molar-refractivity contribution is 0.102. The number of amides is 1. The third-order valence-electron chi connectivity index (χ3n) is 2.81. The van der Waals surface area contributed by atoms with Crippen LogP contribution in [0.15, 0.2) is 24.3 Å². The Kier molecular flexibility index (Phi) is 2.63. The van der Waals surface area contributed by atoms with Gasteiger partial charge in [0.15, 0.2) is 17.4 Å². The molecule has 1 amide bonds. The SMILES string of the molecule is O=C1Nc2c(F)c(F)c(F)c(F)c2Oc2ccccc21. The third kappa shape index (κ3) is 1.63. The highest BCUT2D eigenvalue weighted by atomic mass is 19.2. The van der Waals surface area contributed by atoms with Gasteiger partial charge in [-0.25, -0.2) is 13.2 Å². The van der Waals surface area contributed by atoms with Gasteiger partial charge in [0.2, 0.25) is 11.6 Å². The molecular formula is C13H5F4NO2. The van der Waals surface area contributed by atoms with E-state index >= 15 is 0 Å². The number of hydrogen-bond donors (Lipinski definition) is 1. The van der Waals surface area contributed by atoms with Crippen LogP contribution >= 0.6 is 0 Å².